The van der Waals surface area contributed by atoms with Crippen LogP contribution in [0.4, 0.5) is 0 Å². The summed E-state index contributed by atoms with van der Waals surface area (Å²) in [6.45, 7) is 11.1. The van der Waals surface area contributed by atoms with Crippen molar-refractivity contribution in [2.75, 3.05) is 45.8 Å². The van der Waals surface area contributed by atoms with E-state index in [9.17, 15) is 0 Å². The van der Waals surface area contributed by atoms with Gasteiger partial charge in [-0.15, -0.1) is 0 Å². The molecule has 1 atom stereocenters. The van der Waals surface area contributed by atoms with Crippen molar-refractivity contribution in [3.63, 3.8) is 0 Å². The number of nitrogens with one attached hydrogen (secondary N) is 1. The Balaban J connectivity index is 1.59. The standard InChI is InChI=1S/C12H25N3/c1-2-14-8-10-15(11-9-14)7-5-12-4-3-6-13-12/h12-13H,2-11H2,1H3. The molecule has 1 N–H and O–H groups in total. The minimum atomic E-state index is 0.814. The molecule has 2 saturated heterocycles. The second-order valence-corrected chi connectivity index (χ2v) is 4.86. The Bertz CT molecular complexity index is 170. The molecule has 3 nitrogen and oxygen atoms in total. The molecule has 3 heteroatoms. The van der Waals surface area contributed by atoms with Crippen LogP contribution in [-0.2, 0) is 0 Å². The van der Waals surface area contributed by atoms with Crippen LogP contribution in [0.15, 0.2) is 0 Å². The van der Waals surface area contributed by atoms with E-state index in [1.54, 1.807) is 0 Å². The first kappa shape index (κ1) is 11.4. The van der Waals surface area contributed by atoms with Gasteiger partial charge in [-0.2, -0.15) is 0 Å². The van der Waals surface area contributed by atoms with Gasteiger partial charge in [-0.05, 0) is 38.9 Å². The lowest BCUT2D eigenvalue weighted by Crippen LogP contribution is -2.47. The van der Waals surface area contributed by atoms with Gasteiger partial charge >= 0.3 is 0 Å². The van der Waals surface area contributed by atoms with E-state index in [0.717, 1.165) is 6.04 Å². The Kier molecular flexibility index (Phi) is 4.42. The van der Waals surface area contributed by atoms with Crippen LogP contribution >= 0.6 is 0 Å². The molecule has 0 aromatic rings. The summed E-state index contributed by atoms with van der Waals surface area (Å²) in [7, 11) is 0. The van der Waals surface area contributed by atoms with E-state index in [1.165, 1.54) is 65.1 Å². The van der Waals surface area contributed by atoms with Gasteiger partial charge in [0.15, 0.2) is 0 Å². The second-order valence-electron chi connectivity index (χ2n) is 4.86. The zero-order chi connectivity index (χ0) is 10.5. The molecular formula is C12H25N3. The Morgan fingerprint density at radius 1 is 1.13 bits per heavy atom. The second kappa shape index (κ2) is 5.83. The van der Waals surface area contributed by atoms with Crippen LogP contribution in [0.2, 0.25) is 0 Å². The molecule has 2 rings (SSSR count). The van der Waals surface area contributed by atoms with E-state index in [0.29, 0.717) is 0 Å². The number of rotatable bonds is 4. The monoisotopic (exact) mass is 211 g/mol. The highest BCUT2D eigenvalue weighted by Gasteiger charge is 2.18. The molecule has 0 amide bonds. The summed E-state index contributed by atoms with van der Waals surface area (Å²) < 4.78 is 0. The van der Waals surface area contributed by atoms with Crippen molar-refractivity contribution in [3.8, 4) is 0 Å². The molecule has 0 aromatic heterocycles. The number of hydrogen-bond donors (Lipinski definition) is 1. The molecule has 0 bridgehead atoms. The average Bonchev–Trinajstić information content (AvgIpc) is 2.80. The van der Waals surface area contributed by atoms with Crippen molar-refractivity contribution in [3.05, 3.63) is 0 Å². The largest absolute Gasteiger partial charge is 0.314 e. The Labute approximate surface area is 93.8 Å². The SMILES string of the molecule is CCN1CCN(CCC2CCCN2)CC1. The van der Waals surface area contributed by atoms with E-state index in [1.807, 2.05) is 0 Å². The minimum absolute atomic E-state index is 0.814. The molecule has 2 fully saturated rings. The summed E-state index contributed by atoms with van der Waals surface area (Å²) in [4.78, 5) is 5.18. The van der Waals surface area contributed by atoms with Crippen LogP contribution in [0.3, 0.4) is 0 Å². The van der Waals surface area contributed by atoms with Crippen molar-refractivity contribution in [2.24, 2.45) is 0 Å². The smallest absolute Gasteiger partial charge is 0.0110 e. The zero-order valence-electron chi connectivity index (χ0n) is 10.0. The molecule has 15 heavy (non-hydrogen) atoms. The number of piperazine rings is 1. The predicted octanol–water partition coefficient (Wildman–Crippen LogP) is 0.766. The summed E-state index contributed by atoms with van der Waals surface area (Å²) in [5, 5.41) is 3.58. The summed E-state index contributed by atoms with van der Waals surface area (Å²) in [5.74, 6) is 0. The third-order valence-corrected chi connectivity index (χ3v) is 3.87. The van der Waals surface area contributed by atoms with Gasteiger partial charge in [0.1, 0.15) is 0 Å². The van der Waals surface area contributed by atoms with Crippen molar-refractivity contribution in [1.82, 2.24) is 15.1 Å². The maximum Gasteiger partial charge on any atom is 0.0110 e. The van der Waals surface area contributed by atoms with Crippen LogP contribution < -0.4 is 5.32 Å². The fourth-order valence-electron chi connectivity index (χ4n) is 2.67. The lowest BCUT2D eigenvalue weighted by molar-refractivity contribution is 0.133. The van der Waals surface area contributed by atoms with Crippen molar-refractivity contribution >= 4 is 0 Å². The highest BCUT2D eigenvalue weighted by molar-refractivity contribution is 4.77. The maximum atomic E-state index is 3.58. The molecular weight excluding hydrogens is 186 g/mol. The van der Waals surface area contributed by atoms with Gasteiger partial charge < -0.3 is 15.1 Å². The molecule has 0 saturated carbocycles. The maximum absolute atomic E-state index is 3.58. The number of likely N-dealkylation sites (N-methyl/N-ethyl adjacent to an activating group) is 1. The molecule has 0 spiro atoms. The van der Waals surface area contributed by atoms with E-state index in [4.69, 9.17) is 0 Å². The van der Waals surface area contributed by atoms with Crippen LogP contribution in [-0.4, -0.2) is 61.7 Å². The van der Waals surface area contributed by atoms with Gasteiger partial charge in [-0.25, -0.2) is 0 Å². The van der Waals surface area contributed by atoms with E-state index >= 15 is 0 Å². The fraction of sp³-hybridized carbons (Fsp3) is 1.00. The Hall–Kier alpha value is -0.120. The van der Waals surface area contributed by atoms with Crippen molar-refractivity contribution in [1.29, 1.82) is 0 Å². The normalized spacial score (nSPS) is 29.8. The molecule has 2 heterocycles. The molecule has 2 aliphatic heterocycles. The molecule has 0 radical (unpaired) electrons. The van der Waals surface area contributed by atoms with Crippen LogP contribution in [0.25, 0.3) is 0 Å². The van der Waals surface area contributed by atoms with Gasteiger partial charge in [0.2, 0.25) is 0 Å². The van der Waals surface area contributed by atoms with Crippen LogP contribution in [0.1, 0.15) is 26.2 Å². The predicted molar refractivity (Wildman–Crippen MR) is 64.2 cm³/mol. The van der Waals surface area contributed by atoms with Gasteiger partial charge in [-0.1, -0.05) is 6.92 Å². The first-order chi connectivity index (χ1) is 7.38. The van der Waals surface area contributed by atoms with E-state index in [-0.39, 0.29) is 0 Å². The van der Waals surface area contributed by atoms with Crippen LogP contribution in [0.5, 0.6) is 0 Å². The average molecular weight is 211 g/mol. The first-order valence-corrected chi connectivity index (χ1v) is 6.56. The van der Waals surface area contributed by atoms with Gasteiger partial charge in [0, 0.05) is 32.2 Å². The molecule has 2 aliphatic rings. The third kappa shape index (κ3) is 3.44. The number of nitrogens with zero attached hydrogens (tertiary/aromatic N) is 2. The molecule has 0 aliphatic carbocycles. The molecule has 88 valence electrons. The fourth-order valence-corrected chi connectivity index (χ4v) is 2.67. The van der Waals surface area contributed by atoms with Crippen LogP contribution in [0, 0.1) is 0 Å². The Morgan fingerprint density at radius 2 is 1.87 bits per heavy atom. The zero-order valence-corrected chi connectivity index (χ0v) is 10.0. The van der Waals surface area contributed by atoms with E-state index < -0.39 is 0 Å². The lowest BCUT2D eigenvalue weighted by atomic mass is 10.1. The molecule has 0 aromatic carbocycles. The van der Waals surface area contributed by atoms with Gasteiger partial charge in [0.05, 0.1) is 0 Å². The van der Waals surface area contributed by atoms with Gasteiger partial charge in [0.25, 0.3) is 0 Å². The lowest BCUT2D eigenvalue weighted by Gasteiger charge is -2.34. The third-order valence-electron chi connectivity index (χ3n) is 3.87. The van der Waals surface area contributed by atoms with Crippen molar-refractivity contribution < 1.29 is 0 Å². The summed E-state index contributed by atoms with van der Waals surface area (Å²) >= 11 is 0. The Morgan fingerprint density at radius 3 is 2.47 bits per heavy atom. The summed E-state index contributed by atoms with van der Waals surface area (Å²) in [5.41, 5.74) is 0. The van der Waals surface area contributed by atoms with Crippen molar-refractivity contribution in [2.45, 2.75) is 32.2 Å². The van der Waals surface area contributed by atoms with E-state index in [2.05, 4.69) is 22.0 Å². The summed E-state index contributed by atoms with van der Waals surface area (Å²) in [6.07, 6.45) is 4.13. The first-order valence-electron chi connectivity index (χ1n) is 6.56. The minimum Gasteiger partial charge on any atom is -0.314 e. The highest BCUT2D eigenvalue weighted by Crippen LogP contribution is 2.10. The highest BCUT2D eigenvalue weighted by atomic mass is 15.3. The summed E-state index contributed by atoms with van der Waals surface area (Å²) in [6, 6.07) is 0.814. The topological polar surface area (TPSA) is 18.5 Å². The van der Waals surface area contributed by atoms with Gasteiger partial charge in [-0.3, -0.25) is 0 Å². The number of hydrogen-bond acceptors (Lipinski definition) is 3. The quantitative estimate of drug-likeness (QED) is 0.741. The molecule has 1 unspecified atom stereocenters.